The van der Waals surface area contributed by atoms with E-state index >= 15 is 0 Å². The van der Waals surface area contributed by atoms with Crippen LogP contribution < -0.4 is 9.64 Å². The number of benzene rings is 2. The third-order valence-electron chi connectivity index (χ3n) is 6.55. The molecule has 5 rings (SSSR count). The van der Waals surface area contributed by atoms with Crippen molar-refractivity contribution < 1.29 is 19.1 Å². The predicted molar refractivity (Wildman–Crippen MR) is 117 cm³/mol. The maximum Gasteiger partial charge on any atom is 0.261 e. The molecule has 3 aliphatic heterocycles. The molecule has 0 spiro atoms. The second-order valence-corrected chi connectivity index (χ2v) is 8.67. The number of hydrogen-bond acceptors (Lipinski definition) is 6. The molecule has 2 aromatic rings. The topological polar surface area (TPSA) is 62.3 Å². The molecule has 7 nitrogen and oxygen atoms in total. The molecule has 0 aromatic heterocycles. The molecule has 0 unspecified atom stereocenters. The Labute approximate surface area is 182 Å². The quantitative estimate of drug-likeness (QED) is 0.666. The fourth-order valence-corrected chi connectivity index (χ4v) is 4.85. The average Bonchev–Trinajstić information content (AvgIpc) is 3.03. The fraction of sp³-hybridized carbons (Fsp3) is 0.417. The van der Waals surface area contributed by atoms with Gasteiger partial charge in [-0.3, -0.25) is 19.4 Å². The first-order valence-electron chi connectivity index (χ1n) is 10.7. The van der Waals surface area contributed by atoms with Crippen molar-refractivity contribution in [3.05, 3.63) is 59.7 Å². The first-order chi connectivity index (χ1) is 15.1. The highest BCUT2D eigenvalue weighted by molar-refractivity contribution is 6.21. The molecular weight excluding hydrogens is 394 g/mol. The standard InChI is InChI=1S/C24H27N3O4/c1-30-21-9-5-4-8-20(21)26-12-10-25(11-13-26)14-24(16-31-17-24)15-27-22(28)18-6-2-3-7-19(18)23(27)29/h2-9H,10-17H2,1H3. The van der Waals surface area contributed by atoms with E-state index in [1.165, 1.54) is 4.90 Å². The van der Waals surface area contributed by atoms with Gasteiger partial charge in [-0.15, -0.1) is 0 Å². The van der Waals surface area contributed by atoms with Gasteiger partial charge in [-0.05, 0) is 24.3 Å². The van der Waals surface area contributed by atoms with Gasteiger partial charge in [0, 0.05) is 44.7 Å². The normalized spacial score (nSPS) is 20.5. The van der Waals surface area contributed by atoms with Crippen LogP contribution in [0.2, 0.25) is 0 Å². The van der Waals surface area contributed by atoms with Gasteiger partial charge in [0.1, 0.15) is 5.75 Å². The van der Waals surface area contributed by atoms with Crippen LogP contribution in [-0.2, 0) is 4.74 Å². The zero-order valence-corrected chi connectivity index (χ0v) is 17.8. The number of nitrogens with zero attached hydrogens (tertiary/aromatic N) is 3. The summed E-state index contributed by atoms with van der Waals surface area (Å²) in [5, 5.41) is 0. The summed E-state index contributed by atoms with van der Waals surface area (Å²) in [6.07, 6.45) is 0. The number of carbonyl (C=O) groups is 2. The number of para-hydroxylation sites is 2. The van der Waals surface area contributed by atoms with E-state index < -0.39 is 0 Å². The van der Waals surface area contributed by atoms with Gasteiger partial charge in [0.05, 0.1) is 37.1 Å². The van der Waals surface area contributed by atoms with Crippen LogP contribution in [0.3, 0.4) is 0 Å². The molecule has 0 radical (unpaired) electrons. The van der Waals surface area contributed by atoms with Crippen molar-refractivity contribution in [1.82, 2.24) is 9.80 Å². The lowest BCUT2D eigenvalue weighted by Crippen LogP contribution is -2.60. The molecule has 162 valence electrons. The summed E-state index contributed by atoms with van der Waals surface area (Å²) in [6, 6.07) is 15.2. The highest BCUT2D eigenvalue weighted by atomic mass is 16.5. The minimum Gasteiger partial charge on any atom is -0.495 e. The van der Waals surface area contributed by atoms with Crippen molar-refractivity contribution in [3.8, 4) is 5.75 Å². The molecule has 3 heterocycles. The van der Waals surface area contributed by atoms with Crippen LogP contribution in [0.5, 0.6) is 5.75 Å². The van der Waals surface area contributed by atoms with Gasteiger partial charge in [-0.2, -0.15) is 0 Å². The largest absolute Gasteiger partial charge is 0.495 e. The van der Waals surface area contributed by atoms with E-state index in [0.717, 1.165) is 44.2 Å². The molecule has 0 aliphatic carbocycles. The summed E-state index contributed by atoms with van der Waals surface area (Å²) in [6.45, 7) is 6.03. The van der Waals surface area contributed by atoms with Gasteiger partial charge < -0.3 is 14.4 Å². The Morgan fingerprint density at radius 2 is 1.48 bits per heavy atom. The lowest BCUT2D eigenvalue weighted by Gasteiger charge is -2.47. The van der Waals surface area contributed by atoms with E-state index in [-0.39, 0.29) is 17.2 Å². The molecule has 2 fully saturated rings. The molecule has 0 atom stereocenters. The Kier molecular flexibility index (Phi) is 5.16. The first kappa shape index (κ1) is 20.0. The van der Waals surface area contributed by atoms with Crippen molar-refractivity contribution in [3.63, 3.8) is 0 Å². The van der Waals surface area contributed by atoms with Crippen LogP contribution in [0.4, 0.5) is 5.69 Å². The molecule has 3 aliphatic rings. The van der Waals surface area contributed by atoms with Gasteiger partial charge in [0.25, 0.3) is 11.8 Å². The number of ether oxygens (including phenoxy) is 2. The Bertz CT molecular complexity index is 961. The van der Waals surface area contributed by atoms with E-state index in [4.69, 9.17) is 9.47 Å². The van der Waals surface area contributed by atoms with Gasteiger partial charge in [0.15, 0.2) is 0 Å². The van der Waals surface area contributed by atoms with Crippen LogP contribution in [0.15, 0.2) is 48.5 Å². The molecular formula is C24H27N3O4. The van der Waals surface area contributed by atoms with Gasteiger partial charge in [0.2, 0.25) is 0 Å². The molecule has 0 bridgehead atoms. The number of anilines is 1. The predicted octanol–water partition coefficient (Wildman–Crippen LogP) is 2.13. The molecule has 2 saturated heterocycles. The van der Waals surface area contributed by atoms with E-state index in [1.807, 2.05) is 18.2 Å². The second-order valence-electron chi connectivity index (χ2n) is 8.67. The van der Waals surface area contributed by atoms with Crippen LogP contribution in [0.25, 0.3) is 0 Å². The smallest absolute Gasteiger partial charge is 0.261 e. The summed E-state index contributed by atoms with van der Waals surface area (Å²) in [7, 11) is 1.70. The lowest BCUT2D eigenvalue weighted by atomic mass is 9.84. The Morgan fingerprint density at radius 1 is 0.871 bits per heavy atom. The highest BCUT2D eigenvalue weighted by Gasteiger charge is 2.47. The van der Waals surface area contributed by atoms with Crippen LogP contribution in [0.1, 0.15) is 20.7 Å². The Morgan fingerprint density at radius 3 is 2.06 bits per heavy atom. The minimum atomic E-state index is -0.194. The Hall–Kier alpha value is -2.90. The zero-order chi connectivity index (χ0) is 21.4. The van der Waals surface area contributed by atoms with Crippen LogP contribution in [-0.4, -0.2) is 81.2 Å². The summed E-state index contributed by atoms with van der Waals surface area (Å²) >= 11 is 0. The number of rotatable bonds is 6. The van der Waals surface area contributed by atoms with Gasteiger partial charge in [-0.25, -0.2) is 0 Å². The summed E-state index contributed by atoms with van der Waals surface area (Å²) < 4.78 is 11.1. The molecule has 0 N–H and O–H groups in total. The maximum absolute atomic E-state index is 12.8. The van der Waals surface area contributed by atoms with Crippen molar-refractivity contribution in [2.24, 2.45) is 5.41 Å². The highest BCUT2D eigenvalue weighted by Crippen LogP contribution is 2.34. The number of carbonyl (C=O) groups excluding carboxylic acids is 2. The van der Waals surface area contributed by atoms with E-state index in [1.54, 1.807) is 31.4 Å². The molecule has 31 heavy (non-hydrogen) atoms. The lowest BCUT2D eigenvalue weighted by molar-refractivity contribution is -0.132. The van der Waals surface area contributed by atoms with E-state index in [9.17, 15) is 9.59 Å². The number of hydrogen-bond donors (Lipinski definition) is 0. The second kappa shape index (κ2) is 7.98. The number of fused-ring (bicyclic) bond motifs is 1. The number of methoxy groups -OCH3 is 1. The molecule has 0 saturated carbocycles. The first-order valence-corrected chi connectivity index (χ1v) is 10.7. The van der Waals surface area contributed by atoms with Crippen molar-refractivity contribution in [2.45, 2.75) is 0 Å². The van der Waals surface area contributed by atoms with Crippen molar-refractivity contribution in [1.29, 1.82) is 0 Å². The van der Waals surface area contributed by atoms with Crippen LogP contribution in [0, 0.1) is 5.41 Å². The maximum atomic E-state index is 12.8. The summed E-state index contributed by atoms with van der Waals surface area (Å²) in [5.74, 6) is 0.520. The third-order valence-corrected chi connectivity index (χ3v) is 6.55. The monoisotopic (exact) mass is 421 g/mol. The molecule has 2 amide bonds. The number of piperazine rings is 1. The molecule has 2 aromatic carbocycles. The zero-order valence-electron chi connectivity index (χ0n) is 17.8. The third kappa shape index (κ3) is 3.58. The SMILES string of the molecule is COc1ccccc1N1CCN(CC2(CN3C(=O)c4ccccc4C3=O)COC2)CC1. The van der Waals surface area contributed by atoms with Gasteiger partial charge in [-0.1, -0.05) is 24.3 Å². The summed E-state index contributed by atoms with van der Waals surface area (Å²) in [4.78, 5) is 31.8. The van der Waals surface area contributed by atoms with Crippen molar-refractivity contribution in [2.75, 3.05) is 64.5 Å². The fourth-order valence-electron chi connectivity index (χ4n) is 4.85. The van der Waals surface area contributed by atoms with E-state index in [0.29, 0.717) is 30.9 Å². The molecule has 7 heteroatoms. The van der Waals surface area contributed by atoms with Gasteiger partial charge >= 0.3 is 0 Å². The number of amides is 2. The Balaban J connectivity index is 1.23. The minimum absolute atomic E-state index is 0.187. The van der Waals surface area contributed by atoms with Crippen molar-refractivity contribution >= 4 is 17.5 Å². The van der Waals surface area contributed by atoms with E-state index in [2.05, 4.69) is 15.9 Å². The summed E-state index contributed by atoms with van der Waals surface area (Å²) in [5.41, 5.74) is 1.94. The van der Waals surface area contributed by atoms with Crippen LogP contribution >= 0.6 is 0 Å². The average molecular weight is 421 g/mol. The number of imide groups is 1.